The number of hydrogen-bond acceptors (Lipinski definition) is 2. The predicted octanol–water partition coefficient (Wildman–Crippen LogP) is 5.79. The fourth-order valence-electron chi connectivity index (χ4n) is 4.22. The lowest BCUT2D eigenvalue weighted by Crippen LogP contribution is -2.49. The van der Waals surface area contributed by atoms with E-state index in [2.05, 4.69) is 5.32 Å². The number of halogens is 1. The Hall–Kier alpha value is -3.67. The molecule has 1 aliphatic heterocycles. The van der Waals surface area contributed by atoms with Gasteiger partial charge in [-0.15, -0.1) is 0 Å². The molecule has 1 saturated heterocycles. The van der Waals surface area contributed by atoms with Gasteiger partial charge in [0.25, 0.3) is 0 Å². The van der Waals surface area contributed by atoms with Gasteiger partial charge in [0.15, 0.2) is 0 Å². The summed E-state index contributed by atoms with van der Waals surface area (Å²) in [5.41, 5.74) is 3.28. The molecule has 1 heterocycles. The van der Waals surface area contributed by atoms with Gasteiger partial charge >= 0.3 is 6.03 Å². The maximum atomic E-state index is 13.2. The van der Waals surface area contributed by atoms with Crippen LogP contribution in [0.25, 0.3) is 0 Å². The summed E-state index contributed by atoms with van der Waals surface area (Å²) in [6.45, 7) is 3.69. The van der Waals surface area contributed by atoms with Crippen LogP contribution in [0.4, 0.5) is 20.6 Å². The maximum absolute atomic E-state index is 13.2. The van der Waals surface area contributed by atoms with Crippen molar-refractivity contribution in [1.29, 1.82) is 0 Å². The Morgan fingerprint density at radius 2 is 1.76 bits per heavy atom. The van der Waals surface area contributed by atoms with E-state index >= 15 is 0 Å². The van der Waals surface area contributed by atoms with Crippen molar-refractivity contribution < 1.29 is 14.0 Å². The van der Waals surface area contributed by atoms with Gasteiger partial charge in [-0.3, -0.25) is 9.69 Å². The molecule has 1 N–H and O–H groups in total. The van der Waals surface area contributed by atoms with E-state index in [0.717, 1.165) is 23.2 Å². The minimum atomic E-state index is -0.290. The molecule has 1 fully saturated rings. The Morgan fingerprint density at radius 1 is 1.00 bits per heavy atom. The molecule has 170 valence electrons. The van der Waals surface area contributed by atoms with Gasteiger partial charge in [-0.1, -0.05) is 55.5 Å². The highest BCUT2D eigenvalue weighted by Gasteiger charge is 2.27. The molecule has 6 heteroatoms. The van der Waals surface area contributed by atoms with Gasteiger partial charge in [-0.2, -0.15) is 0 Å². The molecule has 0 aromatic heterocycles. The molecule has 0 bridgehead atoms. The lowest BCUT2D eigenvalue weighted by molar-refractivity contribution is -0.117. The Labute approximate surface area is 193 Å². The molecule has 5 nitrogen and oxygen atoms in total. The first-order chi connectivity index (χ1) is 16.0. The van der Waals surface area contributed by atoms with Crippen LogP contribution in [0.15, 0.2) is 78.9 Å². The van der Waals surface area contributed by atoms with Gasteiger partial charge in [-0.05, 0) is 54.3 Å². The van der Waals surface area contributed by atoms with Crippen LogP contribution in [0.5, 0.6) is 0 Å². The fourth-order valence-corrected chi connectivity index (χ4v) is 4.22. The van der Waals surface area contributed by atoms with E-state index in [1.165, 1.54) is 12.1 Å². The fraction of sp³-hybridized carbons (Fsp3) is 0.259. The van der Waals surface area contributed by atoms with Crippen LogP contribution >= 0.6 is 0 Å². The summed E-state index contributed by atoms with van der Waals surface area (Å²) in [6, 6.07) is 23.3. The predicted molar refractivity (Wildman–Crippen MR) is 129 cm³/mol. The lowest BCUT2D eigenvalue weighted by atomic mass is 9.95. The number of amides is 3. The second kappa shape index (κ2) is 10.3. The zero-order valence-electron chi connectivity index (χ0n) is 18.7. The summed E-state index contributed by atoms with van der Waals surface area (Å²) < 4.78 is 13.2. The standard InChI is InChI=1S/C27H28FN3O2/c1-2-25(21-8-4-3-5-9-21)26(32)29-23-10-6-11-24(18-23)31-17-7-16-30(27(31)33)19-20-12-14-22(28)15-13-20/h3-6,8-15,18,25H,2,7,16-17,19H2,1H3,(H,29,32). The highest BCUT2D eigenvalue weighted by Crippen LogP contribution is 2.26. The first-order valence-electron chi connectivity index (χ1n) is 11.3. The molecule has 33 heavy (non-hydrogen) atoms. The van der Waals surface area contributed by atoms with Crippen molar-refractivity contribution in [2.24, 2.45) is 0 Å². The number of carbonyl (C=O) groups excluding carboxylic acids is 2. The molecule has 0 radical (unpaired) electrons. The van der Waals surface area contributed by atoms with E-state index in [1.807, 2.05) is 61.5 Å². The zero-order chi connectivity index (χ0) is 23.2. The van der Waals surface area contributed by atoms with E-state index in [0.29, 0.717) is 31.7 Å². The maximum Gasteiger partial charge on any atom is 0.324 e. The summed E-state index contributed by atoms with van der Waals surface area (Å²) in [4.78, 5) is 29.6. The largest absolute Gasteiger partial charge is 0.325 e. The third-order valence-electron chi connectivity index (χ3n) is 5.95. The van der Waals surface area contributed by atoms with Crippen LogP contribution in [0.2, 0.25) is 0 Å². The molecule has 1 atom stereocenters. The first kappa shape index (κ1) is 22.5. The van der Waals surface area contributed by atoms with Crippen molar-refractivity contribution in [1.82, 2.24) is 4.90 Å². The zero-order valence-corrected chi connectivity index (χ0v) is 18.7. The van der Waals surface area contributed by atoms with Crippen LogP contribution in [0.1, 0.15) is 36.8 Å². The topological polar surface area (TPSA) is 52.7 Å². The third-order valence-corrected chi connectivity index (χ3v) is 5.95. The average Bonchev–Trinajstić information content (AvgIpc) is 2.83. The van der Waals surface area contributed by atoms with Crippen molar-refractivity contribution in [3.63, 3.8) is 0 Å². The Bertz CT molecular complexity index is 1100. The Balaban J connectivity index is 1.46. The van der Waals surface area contributed by atoms with E-state index in [-0.39, 0.29) is 23.7 Å². The van der Waals surface area contributed by atoms with E-state index in [4.69, 9.17) is 0 Å². The van der Waals surface area contributed by atoms with Crippen LogP contribution < -0.4 is 10.2 Å². The molecule has 4 rings (SSSR count). The second-order valence-corrected chi connectivity index (χ2v) is 8.25. The molecule has 3 aromatic carbocycles. The van der Waals surface area contributed by atoms with Crippen LogP contribution in [-0.4, -0.2) is 29.9 Å². The first-order valence-corrected chi connectivity index (χ1v) is 11.3. The lowest BCUT2D eigenvalue weighted by Gasteiger charge is -2.36. The summed E-state index contributed by atoms with van der Waals surface area (Å²) in [6.07, 6.45) is 1.52. The van der Waals surface area contributed by atoms with Gasteiger partial charge < -0.3 is 10.2 Å². The van der Waals surface area contributed by atoms with Crippen LogP contribution in [-0.2, 0) is 11.3 Å². The number of anilines is 2. The molecule has 0 spiro atoms. The van der Waals surface area contributed by atoms with Crippen molar-refractivity contribution in [2.45, 2.75) is 32.2 Å². The number of urea groups is 1. The van der Waals surface area contributed by atoms with Crippen molar-refractivity contribution in [3.8, 4) is 0 Å². The molecule has 3 amide bonds. The molecular weight excluding hydrogens is 417 g/mol. The number of benzene rings is 3. The van der Waals surface area contributed by atoms with Crippen molar-refractivity contribution in [2.75, 3.05) is 23.3 Å². The molecule has 0 aliphatic carbocycles. The van der Waals surface area contributed by atoms with E-state index in [1.54, 1.807) is 21.9 Å². The molecule has 3 aromatic rings. The van der Waals surface area contributed by atoms with Crippen molar-refractivity contribution >= 4 is 23.3 Å². The van der Waals surface area contributed by atoms with Gasteiger partial charge in [0.2, 0.25) is 5.91 Å². The number of nitrogens with zero attached hydrogens (tertiary/aromatic N) is 2. The van der Waals surface area contributed by atoms with Gasteiger partial charge in [0.05, 0.1) is 5.92 Å². The highest BCUT2D eigenvalue weighted by atomic mass is 19.1. The van der Waals surface area contributed by atoms with Crippen molar-refractivity contribution in [3.05, 3.63) is 95.8 Å². The minimum Gasteiger partial charge on any atom is -0.325 e. The summed E-state index contributed by atoms with van der Waals surface area (Å²) in [7, 11) is 0. The summed E-state index contributed by atoms with van der Waals surface area (Å²) in [5, 5.41) is 3.02. The van der Waals surface area contributed by atoms with Gasteiger partial charge in [0.1, 0.15) is 5.82 Å². The Kier molecular flexibility index (Phi) is 7.03. The minimum absolute atomic E-state index is 0.0660. The third kappa shape index (κ3) is 5.40. The summed E-state index contributed by atoms with van der Waals surface area (Å²) in [5.74, 6) is -0.594. The second-order valence-electron chi connectivity index (χ2n) is 8.25. The Morgan fingerprint density at radius 3 is 2.48 bits per heavy atom. The number of nitrogens with one attached hydrogen (secondary N) is 1. The van der Waals surface area contributed by atoms with Gasteiger partial charge in [-0.25, -0.2) is 9.18 Å². The molecule has 1 aliphatic rings. The quantitative estimate of drug-likeness (QED) is 0.500. The number of carbonyl (C=O) groups is 2. The van der Waals surface area contributed by atoms with E-state index < -0.39 is 0 Å². The number of hydrogen-bond donors (Lipinski definition) is 1. The molecular formula is C27H28FN3O2. The summed E-state index contributed by atoms with van der Waals surface area (Å²) >= 11 is 0. The van der Waals surface area contributed by atoms with Crippen LogP contribution in [0.3, 0.4) is 0 Å². The number of rotatable bonds is 7. The monoisotopic (exact) mass is 445 g/mol. The SMILES string of the molecule is CCC(C(=O)Nc1cccc(N2CCCN(Cc3ccc(F)cc3)C2=O)c1)c1ccccc1. The average molecular weight is 446 g/mol. The smallest absolute Gasteiger partial charge is 0.324 e. The normalized spacial score (nSPS) is 14.8. The molecule has 0 saturated carbocycles. The molecule has 1 unspecified atom stereocenters. The highest BCUT2D eigenvalue weighted by molar-refractivity contribution is 5.97. The van der Waals surface area contributed by atoms with E-state index in [9.17, 15) is 14.0 Å². The van der Waals surface area contributed by atoms with Crippen LogP contribution in [0, 0.1) is 5.82 Å². The van der Waals surface area contributed by atoms with Gasteiger partial charge in [0, 0.05) is 31.0 Å².